The summed E-state index contributed by atoms with van der Waals surface area (Å²) in [5.74, 6) is 0.572. The fourth-order valence-electron chi connectivity index (χ4n) is 2.15. The molecule has 1 aromatic carbocycles. The van der Waals surface area contributed by atoms with Gasteiger partial charge in [0.05, 0.1) is 5.60 Å². The number of nitrogens with zero attached hydrogens (tertiary/aromatic N) is 1. The SMILES string of the molecule is CSC[C@](C)(O)CNC(=O)Nc1ccc2ccn(C)c2c1. The van der Waals surface area contributed by atoms with Gasteiger partial charge in [-0.05, 0) is 36.8 Å². The average Bonchev–Trinajstić information content (AvgIpc) is 2.78. The first kappa shape index (κ1) is 15.7. The lowest BCUT2D eigenvalue weighted by atomic mass is 10.1. The quantitative estimate of drug-likeness (QED) is 0.795. The molecule has 2 amide bonds. The van der Waals surface area contributed by atoms with Crippen molar-refractivity contribution < 1.29 is 9.90 Å². The number of nitrogens with one attached hydrogen (secondary N) is 2. The fourth-order valence-corrected chi connectivity index (χ4v) is 2.87. The number of hydrogen-bond donors (Lipinski definition) is 3. The van der Waals surface area contributed by atoms with E-state index < -0.39 is 5.60 Å². The molecule has 2 rings (SSSR count). The average molecular weight is 307 g/mol. The highest BCUT2D eigenvalue weighted by Gasteiger charge is 2.20. The molecule has 114 valence electrons. The summed E-state index contributed by atoms with van der Waals surface area (Å²) in [4.78, 5) is 11.9. The normalized spacial score (nSPS) is 13.9. The minimum absolute atomic E-state index is 0.214. The molecule has 1 atom stereocenters. The van der Waals surface area contributed by atoms with Gasteiger partial charge in [-0.3, -0.25) is 0 Å². The van der Waals surface area contributed by atoms with E-state index in [1.54, 1.807) is 18.7 Å². The van der Waals surface area contributed by atoms with Gasteiger partial charge in [0.1, 0.15) is 0 Å². The number of anilines is 1. The van der Waals surface area contributed by atoms with Gasteiger partial charge in [0.25, 0.3) is 0 Å². The number of hydrogen-bond acceptors (Lipinski definition) is 3. The van der Waals surface area contributed by atoms with Crippen molar-refractivity contribution in [1.82, 2.24) is 9.88 Å². The molecule has 0 bridgehead atoms. The van der Waals surface area contributed by atoms with Gasteiger partial charge in [-0.15, -0.1) is 0 Å². The van der Waals surface area contributed by atoms with E-state index in [-0.39, 0.29) is 12.6 Å². The van der Waals surface area contributed by atoms with Crippen LogP contribution in [0.2, 0.25) is 0 Å². The Morgan fingerprint density at radius 2 is 2.19 bits per heavy atom. The van der Waals surface area contributed by atoms with E-state index in [1.165, 1.54) is 0 Å². The Bertz CT molecular complexity index is 637. The van der Waals surface area contributed by atoms with Gasteiger partial charge in [-0.1, -0.05) is 6.07 Å². The monoisotopic (exact) mass is 307 g/mol. The van der Waals surface area contributed by atoms with Gasteiger partial charge in [0.2, 0.25) is 0 Å². The van der Waals surface area contributed by atoms with Crippen LogP contribution in [0.15, 0.2) is 30.5 Å². The Morgan fingerprint density at radius 1 is 1.43 bits per heavy atom. The maximum absolute atomic E-state index is 11.9. The van der Waals surface area contributed by atoms with Crippen LogP contribution in [0.3, 0.4) is 0 Å². The zero-order valence-electron chi connectivity index (χ0n) is 12.5. The summed E-state index contributed by atoms with van der Waals surface area (Å²) < 4.78 is 2.00. The third kappa shape index (κ3) is 4.15. The van der Waals surface area contributed by atoms with Crippen LogP contribution >= 0.6 is 11.8 Å². The molecule has 3 N–H and O–H groups in total. The molecule has 2 aromatic rings. The van der Waals surface area contributed by atoms with E-state index in [9.17, 15) is 9.90 Å². The molecule has 5 nitrogen and oxygen atoms in total. The number of rotatable bonds is 5. The zero-order chi connectivity index (χ0) is 15.5. The van der Waals surface area contributed by atoms with Crippen molar-refractivity contribution in [3.05, 3.63) is 30.5 Å². The lowest BCUT2D eigenvalue weighted by molar-refractivity contribution is 0.0876. The van der Waals surface area contributed by atoms with Crippen molar-refractivity contribution in [3.63, 3.8) is 0 Å². The first-order chi connectivity index (χ1) is 9.91. The molecular weight excluding hydrogens is 286 g/mol. The maximum atomic E-state index is 11.9. The number of urea groups is 1. The molecule has 0 unspecified atom stereocenters. The highest BCUT2D eigenvalue weighted by atomic mass is 32.2. The number of amides is 2. The molecule has 0 aliphatic carbocycles. The van der Waals surface area contributed by atoms with Crippen LogP contribution in [0.5, 0.6) is 0 Å². The van der Waals surface area contributed by atoms with Crippen LogP contribution in [0.1, 0.15) is 6.92 Å². The van der Waals surface area contributed by atoms with E-state index in [1.807, 2.05) is 48.3 Å². The number of carbonyl (C=O) groups is 1. The first-order valence-corrected chi connectivity index (χ1v) is 8.12. The topological polar surface area (TPSA) is 66.3 Å². The van der Waals surface area contributed by atoms with Gasteiger partial charge in [0, 0.05) is 36.7 Å². The lowest BCUT2D eigenvalue weighted by Crippen LogP contribution is -2.43. The van der Waals surface area contributed by atoms with E-state index in [0.717, 1.165) is 16.6 Å². The molecule has 0 radical (unpaired) electrons. The number of thioether (sulfide) groups is 1. The van der Waals surface area contributed by atoms with Crippen molar-refractivity contribution in [2.45, 2.75) is 12.5 Å². The van der Waals surface area contributed by atoms with Crippen molar-refractivity contribution >= 4 is 34.4 Å². The second-order valence-electron chi connectivity index (χ2n) is 5.44. The van der Waals surface area contributed by atoms with Crippen LogP contribution in [0.25, 0.3) is 10.9 Å². The Hall–Kier alpha value is -1.66. The largest absolute Gasteiger partial charge is 0.387 e. The van der Waals surface area contributed by atoms with E-state index in [2.05, 4.69) is 10.6 Å². The Kier molecular flexibility index (Phi) is 4.80. The van der Waals surface area contributed by atoms with Crippen LogP contribution in [0, 0.1) is 0 Å². The predicted octanol–water partition coefficient (Wildman–Crippen LogP) is 2.41. The lowest BCUT2D eigenvalue weighted by Gasteiger charge is -2.22. The first-order valence-electron chi connectivity index (χ1n) is 6.72. The smallest absolute Gasteiger partial charge is 0.319 e. The molecule has 6 heteroatoms. The highest BCUT2D eigenvalue weighted by Crippen LogP contribution is 2.19. The molecule has 0 aliphatic heterocycles. The fraction of sp³-hybridized carbons (Fsp3) is 0.400. The van der Waals surface area contributed by atoms with Crippen LogP contribution in [-0.4, -0.2) is 39.9 Å². The van der Waals surface area contributed by atoms with Crippen molar-refractivity contribution in [2.75, 3.05) is 23.9 Å². The number of aliphatic hydroxyl groups is 1. The summed E-state index contributed by atoms with van der Waals surface area (Å²) in [6.07, 6.45) is 3.90. The molecule has 21 heavy (non-hydrogen) atoms. The standard InChI is InChI=1S/C15H21N3O2S/c1-15(20,10-21-3)9-16-14(19)17-12-5-4-11-6-7-18(2)13(11)8-12/h4-8,20H,9-10H2,1-3H3,(H2,16,17,19)/t15-/m1/s1. The van der Waals surface area contributed by atoms with Gasteiger partial charge >= 0.3 is 6.03 Å². The Balaban J connectivity index is 1.96. The third-order valence-electron chi connectivity index (χ3n) is 3.23. The second-order valence-corrected chi connectivity index (χ2v) is 6.30. The number of aryl methyl sites for hydroxylation is 1. The highest BCUT2D eigenvalue weighted by molar-refractivity contribution is 7.98. The molecule has 1 heterocycles. The molecule has 0 saturated carbocycles. The van der Waals surface area contributed by atoms with E-state index >= 15 is 0 Å². The number of fused-ring (bicyclic) bond motifs is 1. The summed E-state index contributed by atoms with van der Waals surface area (Å²) in [7, 11) is 1.96. The molecule has 0 aliphatic rings. The van der Waals surface area contributed by atoms with E-state index in [0.29, 0.717) is 5.75 Å². The number of aromatic nitrogens is 1. The van der Waals surface area contributed by atoms with Crippen LogP contribution < -0.4 is 10.6 Å². The molecule has 0 spiro atoms. The summed E-state index contributed by atoms with van der Waals surface area (Å²) >= 11 is 1.54. The van der Waals surface area contributed by atoms with Gasteiger partial charge in [-0.25, -0.2) is 4.79 Å². The van der Waals surface area contributed by atoms with Crippen molar-refractivity contribution in [3.8, 4) is 0 Å². The minimum atomic E-state index is -0.904. The van der Waals surface area contributed by atoms with E-state index in [4.69, 9.17) is 0 Å². The minimum Gasteiger partial charge on any atom is -0.387 e. The Morgan fingerprint density at radius 3 is 2.90 bits per heavy atom. The Labute approximate surface area is 128 Å². The van der Waals surface area contributed by atoms with Crippen LogP contribution in [0.4, 0.5) is 10.5 Å². The van der Waals surface area contributed by atoms with Gasteiger partial charge in [-0.2, -0.15) is 11.8 Å². The summed E-state index contributed by atoms with van der Waals surface area (Å²) in [5, 5.41) is 16.6. The molecule has 1 aromatic heterocycles. The van der Waals surface area contributed by atoms with Gasteiger partial charge in [0.15, 0.2) is 0 Å². The molecule has 0 saturated heterocycles. The molecular formula is C15H21N3O2S. The maximum Gasteiger partial charge on any atom is 0.319 e. The zero-order valence-corrected chi connectivity index (χ0v) is 13.3. The summed E-state index contributed by atoms with van der Waals surface area (Å²) in [6, 6.07) is 7.47. The van der Waals surface area contributed by atoms with Crippen molar-refractivity contribution in [2.24, 2.45) is 7.05 Å². The number of carbonyl (C=O) groups excluding carboxylic acids is 1. The summed E-state index contributed by atoms with van der Waals surface area (Å²) in [5.41, 5.74) is 0.882. The second kappa shape index (κ2) is 6.41. The van der Waals surface area contributed by atoms with Crippen LogP contribution in [-0.2, 0) is 7.05 Å². The number of benzene rings is 1. The predicted molar refractivity (Wildman–Crippen MR) is 88.9 cm³/mol. The molecule has 0 fully saturated rings. The van der Waals surface area contributed by atoms with Gasteiger partial charge < -0.3 is 20.3 Å². The summed E-state index contributed by atoms with van der Waals surface area (Å²) in [6.45, 7) is 1.92. The third-order valence-corrected chi connectivity index (χ3v) is 4.14. The van der Waals surface area contributed by atoms with Crippen molar-refractivity contribution in [1.29, 1.82) is 0 Å².